The van der Waals surface area contributed by atoms with Crippen LogP contribution in [0.15, 0.2) is 24.4 Å². The summed E-state index contributed by atoms with van der Waals surface area (Å²) < 4.78 is 0. The van der Waals surface area contributed by atoms with Crippen molar-refractivity contribution in [2.75, 3.05) is 5.73 Å². The van der Waals surface area contributed by atoms with Crippen molar-refractivity contribution in [1.29, 1.82) is 0 Å². The van der Waals surface area contributed by atoms with Crippen molar-refractivity contribution < 1.29 is 4.79 Å². The quantitative estimate of drug-likeness (QED) is 0.751. The fourth-order valence-corrected chi connectivity index (χ4v) is 1.62. The lowest BCUT2D eigenvalue weighted by atomic mass is 9.97. The number of ketones is 1. The maximum absolute atomic E-state index is 12.2. The second-order valence-electron chi connectivity index (χ2n) is 3.77. The molecule has 0 fully saturated rings. The predicted octanol–water partition coefficient (Wildman–Crippen LogP) is 1.84. The van der Waals surface area contributed by atoms with Crippen molar-refractivity contribution >= 4 is 11.6 Å². The van der Waals surface area contributed by atoms with Gasteiger partial charge in [0.25, 0.3) is 0 Å². The molecule has 0 atom stereocenters. The number of anilines is 1. The topological polar surface area (TPSA) is 71.8 Å². The van der Waals surface area contributed by atoms with Gasteiger partial charge in [0, 0.05) is 5.56 Å². The number of rotatable bonds is 2. The molecule has 0 spiro atoms. The Morgan fingerprint density at radius 3 is 2.69 bits per heavy atom. The summed E-state index contributed by atoms with van der Waals surface area (Å²) in [6.45, 7) is 3.91. The lowest BCUT2D eigenvalue weighted by Gasteiger charge is -2.06. The average molecular weight is 215 g/mol. The summed E-state index contributed by atoms with van der Waals surface area (Å²) in [5, 5.41) is 6.31. The zero-order valence-corrected chi connectivity index (χ0v) is 9.24. The first-order chi connectivity index (χ1) is 7.61. The number of hydrogen-bond donors (Lipinski definition) is 2. The van der Waals surface area contributed by atoms with Crippen LogP contribution in [0.25, 0.3) is 0 Å². The molecule has 0 bridgehead atoms. The van der Waals surface area contributed by atoms with E-state index >= 15 is 0 Å². The van der Waals surface area contributed by atoms with Crippen molar-refractivity contribution in [2.45, 2.75) is 13.8 Å². The minimum Gasteiger partial charge on any atom is -0.383 e. The lowest BCUT2D eigenvalue weighted by Crippen LogP contribution is -2.06. The van der Waals surface area contributed by atoms with E-state index in [1.54, 1.807) is 6.07 Å². The van der Waals surface area contributed by atoms with Gasteiger partial charge in [-0.1, -0.05) is 18.2 Å². The molecule has 0 amide bonds. The molecule has 16 heavy (non-hydrogen) atoms. The monoisotopic (exact) mass is 215 g/mol. The summed E-state index contributed by atoms with van der Waals surface area (Å²) in [5.74, 6) is 0.221. The second kappa shape index (κ2) is 3.81. The highest BCUT2D eigenvalue weighted by Gasteiger charge is 2.16. The smallest absolute Gasteiger partial charge is 0.198 e. The molecule has 0 aliphatic carbocycles. The third kappa shape index (κ3) is 1.58. The van der Waals surface area contributed by atoms with Gasteiger partial charge >= 0.3 is 0 Å². The van der Waals surface area contributed by atoms with E-state index in [1.165, 1.54) is 6.20 Å². The Morgan fingerprint density at radius 2 is 2.06 bits per heavy atom. The first-order valence-electron chi connectivity index (χ1n) is 5.01. The number of H-pyrrole nitrogens is 1. The van der Waals surface area contributed by atoms with Gasteiger partial charge in [-0.2, -0.15) is 5.10 Å². The maximum Gasteiger partial charge on any atom is 0.198 e. The molecule has 82 valence electrons. The third-order valence-corrected chi connectivity index (χ3v) is 2.76. The van der Waals surface area contributed by atoms with Crippen LogP contribution < -0.4 is 5.73 Å². The van der Waals surface area contributed by atoms with Gasteiger partial charge in [0.1, 0.15) is 5.82 Å². The van der Waals surface area contributed by atoms with Crippen molar-refractivity contribution in [3.8, 4) is 0 Å². The predicted molar refractivity (Wildman–Crippen MR) is 62.3 cm³/mol. The molecule has 4 nitrogen and oxygen atoms in total. The van der Waals surface area contributed by atoms with Crippen LogP contribution in [0, 0.1) is 13.8 Å². The Bertz CT molecular complexity index is 543. The zero-order valence-electron chi connectivity index (χ0n) is 9.24. The van der Waals surface area contributed by atoms with Crippen LogP contribution in [0.1, 0.15) is 27.0 Å². The fraction of sp³-hybridized carbons (Fsp3) is 0.167. The second-order valence-corrected chi connectivity index (χ2v) is 3.77. The van der Waals surface area contributed by atoms with Gasteiger partial charge in [-0.15, -0.1) is 0 Å². The average Bonchev–Trinajstić information content (AvgIpc) is 2.68. The Hall–Kier alpha value is -2.10. The van der Waals surface area contributed by atoms with Crippen LogP contribution in [-0.4, -0.2) is 16.0 Å². The Labute approximate surface area is 93.5 Å². The Balaban J connectivity index is 2.50. The molecular formula is C12H13N3O. The molecule has 2 aromatic rings. The van der Waals surface area contributed by atoms with E-state index in [9.17, 15) is 4.79 Å². The number of nitrogens with zero attached hydrogens (tertiary/aromatic N) is 1. The number of carbonyl (C=O) groups is 1. The number of aromatic nitrogens is 2. The van der Waals surface area contributed by atoms with Gasteiger partial charge in [0.05, 0.1) is 11.8 Å². The number of nitrogens with one attached hydrogen (secondary N) is 1. The van der Waals surface area contributed by atoms with E-state index < -0.39 is 0 Å². The number of nitrogens with two attached hydrogens (primary N) is 1. The minimum atomic E-state index is -0.0903. The van der Waals surface area contributed by atoms with Crippen LogP contribution in [0.4, 0.5) is 5.82 Å². The zero-order chi connectivity index (χ0) is 11.7. The van der Waals surface area contributed by atoms with Gasteiger partial charge in [0.15, 0.2) is 5.78 Å². The van der Waals surface area contributed by atoms with Gasteiger partial charge in [-0.25, -0.2) is 0 Å². The summed E-state index contributed by atoms with van der Waals surface area (Å²) >= 11 is 0. The van der Waals surface area contributed by atoms with E-state index in [0.29, 0.717) is 16.9 Å². The number of carbonyl (C=O) groups excluding carboxylic acids is 1. The molecule has 0 radical (unpaired) electrons. The SMILES string of the molecule is Cc1cccc(C(=O)c2cn[nH]c2N)c1C. The summed E-state index contributed by atoms with van der Waals surface area (Å²) in [5.41, 5.74) is 8.80. The number of nitrogen functional groups attached to an aromatic ring is 1. The molecule has 0 aliphatic heterocycles. The van der Waals surface area contributed by atoms with Crippen molar-refractivity contribution in [2.24, 2.45) is 0 Å². The highest BCUT2D eigenvalue weighted by atomic mass is 16.1. The maximum atomic E-state index is 12.2. The van der Waals surface area contributed by atoms with Gasteiger partial charge in [0.2, 0.25) is 0 Å². The normalized spacial score (nSPS) is 10.4. The third-order valence-electron chi connectivity index (χ3n) is 2.76. The summed E-state index contributed by atoms with van der Waals surface area (Å²) in [7, 11) is 0. The van der Waals surface area contributed by atoms with E-state index in [1.807, 2.05) is 26.0 Å². The van der Waals surface area contributed by atoms with E-state index in [-0.39, 0.29) is 5.78 Å². The largest absolute Gasteiger partial charge is 0.383 e. The number of aryl methyl sites for hydroxylation is 1. The van der Waals surface area contributed by atoms with Crippen molar-refractivity contribution in [3.63, 3.8) is 0 Å². The molecule has 1 aromatic heterocycles. The first-order valence-corrected chi connectivity index (χ1v) is 5.01. The Kier molecular flexibility index (Phi) is 2.48. The molecule has 0 saturated carbocycles. The van der Waals surface area contributed by atoms with Gasteiger partial charge in [-0.3, -0.25) is 9.89 Å². The number of aromatic amines is 1. The Morgan fingerprint density at radius 1 is 1.31 bits per heavy atom. The molecule has 2 rings (SSSR count). The van der Waals surface area contributed by atoms with Crippen molar-refractivity contribution in [3.05, 3.63) is 46.6 Å². The van der Waals surface area contributed by atoms with Crippen LogP contribution >= 0.6 is 0 Å². The standard InChI is InChI=1S/C12H13N3O/c1-7-4-3-5-9(8(7)2)11(16)10-6-14-15-12(10)13/h3-6H,1-2H3,(H3,13,14,15). The first kappa shape index (κ1) is 10.4. The molecular weight excluding hydrogens is 202 g/mol. The fourth-order valence-electron chi connectivity index (χ4n) is 1.62. The molecule has 4 heteroatoms. The molecule has 0 saturated heterocycles. The van der Waals surface area contributed by atoms with Crippen LogP contribution in [0.2, 0.25) is 0 Å². The van der Waals surface area contributed by atoms with Crippen LogP contribution in [0.3, 0.4) is 0 Å². The summed E-state index contributed by atoms with van der Waals surface area (Å²) in [6.07, 6.45) is 1.46. The number of hydrogen-bond acceptors (Lipinski definition) is 3. The van der Waals surface area contributed by atoms with Crippen LogP contribution in [0.5, 0.6) is 0 Å². The summed E-state index contributed by atoms with van der Waals surface area (Å²) in [6, 6.07) is 5.65. The molecule has 1 heterocycles. The van der Waals surface area contributed by atoms with Gasteiger partial charge < -0.3 is 5.73 Å². The van der Waals surface area contributed by atoms with Gasteiger partial charge in [-0.05, 0) is 25.0 Å². The van der Waals surface area contributed by atoms with Crippen LogP contribution in [-0.2, 0) is 0 Å². The number of benzene rings is 1. The molecule has 3 N–H and O–H groups in total. The highest BCUT2D eigenvalue weighted by molar-refractivity contribution is 6.12. The van der Waals surface area contributed by atoms with Crippen molar-refractivity contribution in [1.82, 2.24) is 10.2 Å². The van der Waals surface area contributed by atoms with E-state index in [4.69, 9.17) is 5.73 Å². The highest BCUT2D eigenvalue weighted by Crippen LogP contribution is 2.19. The molecule has 0 aliphatic rings. The van der Waals surface area contributed by atoms with E-state index in [0.717, 1.165) is 11.1 Å². The summed E-state index contributed by atoms with van der Waals surface area (Å²) in [4.78, 5) is 12.2. The minimum absolute atomic E-state index is 0.0903. The van der Waals surface area contributed by atoms with E-state index in [2.05, 4.69) is 10.2 Å². The molecule has 0 unspecified atom stereocenters. The molecule has 1 aromatic carbocycles. The lowest BCUT2D eigenvalue weighted by molar-refractivity contribution is 0.103.